The predicted octanol–water partition coefficient (Wildman–Crippen LogP) is 1.95. The van der Waals surface area contributed by atoms with E-state index in [0.29, 0.717) is 22.7 Å². The Morgan fingerprint density at radius 1 is 1.10 bits per heavy atom. The summed E-state index contributed by atoms with van der Waals surface area (Å²) in [6, 6.07) is 8.00. The molecular formula is C12H12N6OS. The van der Waals surface area contributed by atoms with Crippen LogP contribution in [0.25, 0.3) is 5.69 Å². The van der Waals surface area contributed by atoms with E-state index in [1.165, 1.54) is 17.3 Å². The predicted molar refractivity (Wildman–Crippen MR) is 72.5 cm³/mol. The quantitative estimate of drug-likeness (QED) is 0.678. The zero-order valence-electron chi connectivity index (χ0n) is 11.0. The lowest BCUT2D eigenvalue weighted by molar-refractivity contribution is 0.485. The molecule has 0 unspecified atom stereocenters. The summed E-state index contributed by atoms with van der Waals surface area (Å²) in [5, 5.41) is 20.1. The molecule has 2 aromatic heterocycles. The van der Waals surface area contributed by atoms with Gasteiger partial charge in [0.25, 0.3) is 0 Å². The van der Waals surface area contributed by atoms with E-state index < -0.39 is 0 Å². The first-order valence-electron chi connectivity index (χ1n) is 5.99. The second-order valence-electron chi connectivity index (χ2n) is 4.21. The van der Waals surface area contributed by atoms with Crippen LogP contribution >= 0.6 is 11.8 Å². The van der Waals surface area contributed by atoms with Crippen LogP contribution in [0.15, 0.2) is 33.8 Å². The van der Waals surface area contributed by atoms with Crippen LogP contribution in [0.2, 0.25) is 0 Å². The van der Waals surface area contributed by atoms with Gasteiger partial charge < -0.3 is 4.42 Å². The summed E-state index contributed by atoms with van der Waals surface area (Å²) in [5.41, 5.74) is 2.11. The Kier molecular flexibility index (Phi) is 3.46. The summed E-state index contributed by atoms with van der Waals surface area (Å²) in [7, 11) is 0. The number of aromatic nitrogens is 6. The van der Waals surface area contributed by atoms with Crippen LogP contribution < -0.4 is 0 Å². The molecule has 102 valence electrons. The fourth-order valence-electron chi connectivity index (χ4n) is 1.64. The van der Waals surface area contributed by atoms with Gasteiger partial charge in [-0.1, -0.05) is 29.5 Å². The second kappa shape index (κ2) is 5.41. The summed E-state index contributed by atoms with van der Waals surface area (Å²) in [6.45, 7) is 3.80. The van der Waals surface area contributed by atoms with Crippen molar-refractivity contribution in [2.24, 2.45) is 0 Å². The standard InChI is InChI=1S/C12H12N6OS/c1-8-3-5-10(6-4-8)18-12(15-16-17-18)20-7-11-14-13-9(2)19-11/h3-6H,7H2,1-2H3. The molecule has 3 aromatic rings. The van der Waals surface area contributed by atoms with Crippen LogP contribution in [0.3, 0.4) is 0 Å². The first-order valence-corrected chi connectivity index (χ1v) is 6.98. The van der Waals surface area contributed by atoms with E-state index in [1.54, 1.807) is 11.6 Å². The number of tetrazole rings is 1. The molecule has 0 aliphatic carbocycles. The first kappa shape index (κ1) is 12.8. The van der Waals surface area contributed by atoms with E-state index >= 15 is 0 Å². The molecule has 0 fully saturated rings. The largest absolute Gasteiger partial charge is 0.425 e. The molecule has 2 heterocycles. The number of benzene rings is 1. The van der Waals surface area contributed by atoms with E-state index in [0.717, 1.165) is 5.69 Å². The summed E-state index contributed by atoms with van der Waals surface area (Å²) < 4.78 is 7.01. The monoisotopic (exact) mass is 288 g/mol. The molecule has 20 heavy (non-hydrogen) atoms. The van der Waals surface area contributed by atoms with Crippen LogP contribution in [-0.4, -0.2) is 30.4 Å². The van der Waals surface area contributed by atoms with Crippen molar-refractivity contribution in [2.45, 2.75) is 24.8 Å². The highest BCUT2D eigenvalue weighted by molar-refractivity contribution is 7.98. The molecule has 0 aliphatic rings. The van der Waals surface area contributed by atoms with Crippen molar-refractivity contribution in [1.82, 2.24) is 30.4 Å². The van der Waals surface area contributed by atoms with Crippen LogP contribution in [0, 0.1) is 13.8 Å². The maximum absolute atomic E-state index is 5.32. The summed E-state index contributed by atoms with van der Waals surface area (Å²) in [5.74, 6) is 1.65. The fourth-order valence-corrected chi connectivity index (χ4v) is 2.37. The van der Waals surface area contributed by atoms with Gasteiger partial charge in [0.05, 0.1) is 11.4 Å². The first-order chi connectivity index (χ1) is 9.72. The Morgan fingerprint density at radius 3 is 2.60 bits per heavy atom. The molecule has 8 heteroatoms. The maximum Gasteiger partial charge on any atom is 0.226 e. The number of aryl methyl sites for hydroxylation is 2. The van der Waals surface area contributed by atoms with Gasteiger partial charge in [0.1, 0.15) is 0 Å². The summed E-state index contributed by atoms with van der Waals surface area (Å²) >= 11 is 1.45. The number of rotatable bonds is 4. The van der Waals surface area contributed by atoms with E-state index in [9.17, 15) is 0 Å². The SMILES string of the molecule is Cc1ccc(-n2nnnc2SCc2nnc(C)o2)cc1. The molecule has 0 saturated carbocycles. The lowest BCUT2D eigenvalue weighted by atomic mass is 10.2. The molecule has 0 bridgehead atoms. The van der Waals surface area contributed by atoms with Gasteiger partial charge >= 0.3 is 0 Å². The van der Waals surface area contributed by atoms with Gasteiger partial charge in [0.2, 0.25) is 16.9 Å². The van der Waals surface area contributed by atoms with Crippen molar-refractivity contribution >= 4 is 11.8 Å². The second-order valence-corrected chi connectivity index (χ2v) is 5.15. The van der Waals surface area contributed by atoms with E-state index in [4.69, 9.17) is 4.42 Å². The summed E-state index contributed by atoms with van der Waals surface area (Å²) in [4.78, 5) is 0. The Hall–Kier alpha value is -2.22. The Labute approximate surface area is 119 Å². The van der Waals surface area contributed by atoms with Crippen LogP contribution in [-0.2, 0) is 5.75 Å². The lowest BCUT2D eigenvalue weighted by Crippen LogP contribution is -1.99. The van der Waals surface area contributed by atoms with Gasteiger partial charge in [-0.15, -0.1) is 15.3 Å². The average Bonchev–Trinajstić information content (AvgIpc) is 3.06. The minimum Gasteiger partial charge on any atom is -0.425 e. The van der Waals surface area contributed by atoms with Gasteiger partial charge in [-0.05, 0) is 29.5 Å². The molecule has 1 aromatic carbocycles. The molecule has 0 spiro atoms. The minimum atomic E-state index is 0.535. The number of nitrogens with zero attached hydrogens (tertiary/aromatic N) is 6. The lowest BCUT2D eigenvalue weighted by Gasteiger charge is -2.03. The number of hydrogen-bond donors (Lipinski definition) is 0. The molecule has 0 atom stereocenters. The van der Waals surface area contributed by atoms with Crippen molar-refractivity contribution in [2.75, 3.05) is 0 Å². The minimum absolute atomic E-state index is 0.535. The molecule has 0 amide bonds. The average molecular weight is 288 g/mol. The highest BCUT2D eigenvalue weighted by Crippen LogP contribution is 2.21. The fraction of sp³-hybridized carbons (Fsp3) is 0.250. The topological polar surface area (TPSA) is 82.5 Å². The molecule has 0 N–H and O–H groups in total. The normalized spacial score (nSPS) is 10.9. The maximum atomic E-state index is 5.32. The third-order valence-electron chi connectivity index (χ3n) is 2.61. The van der Waals surface area contributed by atoms with E-state index in [-0.39, 0.29) is 0 Å². The highest BCUT2D eigenvalue weighted by Gasteiger charge is 2.11. The third kappa shape index (κ3) is 2.69. The number of hydrogen-bond acceptors (Lipinski definition) is 7. The van der Waals surface area contributed by atoms with Crippen molar-refractivity contribution in [3.63, 3.8) is 0 Å². The van der Waals surface area contributed by atoms with Gasteiger partial charge in [-0.25, -0.2) is 0 Å². The van der Waals surface area contributed by atoms with E-state index in [1.807, 2.05) is 31.2 Å². The van der Waals surface area contributed by atoms with Crippen LogP contribution in [0.4, 0.5) is 0 Å². The van der Waals surface area contributed by atoms with Crippen molar-refractivity contribution in [1.29, 1.82) is 0 Å². The Balaban J connectivity index is 1.78. The summed E-state index contributed by atoms with van der Waals surface area (Å²) in [6.07, 6.45) is 0. The molecule has 7 nitrogen and oxygen atoms in total. The zero-order valence-corrected chi connectivity index (χ0v) is 11.8. The molecule has 0 radical (unpaired) electrons. The highest BCUT2D eigenvalue weighted by atomic mass is 32.2. The van der Waals surface area contributed by atoms with Crippen LogP contribution in [0.1, 0.15) is 17.3 Å². The van der Waals surface area contributed by atoms with E-state index in [2.05, 4.69) is 25.7 Å². The van der Waals surface area contributed by atoms with Crippen molar-refractivity contribution < 1.29 is 4.42 Å². The van der Waals surface area contributed by atoms with Gasteiger partial charge in [-0.2, -0.15) is 4.68 Å². The Bertz CT molecular complexity index is 705. The Morgan fingerprint density at radius 2 is 1.90 bits per heavy atom. The molecular weight excluding hydrogens is 276 g/mol. The molecule has 0 saturated heterocycles. The van der Waals surface area contributed by atoms with Crippen molar-refractivity contribution in [3.8, 4) is 5.69 Å². The smallest absolute Gasteiger partial charge is 0.226 e. The molecule has 0 aliphatic heterocycles. The van der Waals surface area contributed by atoms with Gasteiger partial charge in [0, 0.05) is 6.92 Å². The third-order valence-corrected chi connectivity index (χ3v) is 3.52. The van der Waals surface area contributed by atoms with Crippen LogP contribution in [0.5, 0.6) is 0 Å². The van der Waals surface area contributed by atoms with Gasteiger partial charge in [0.15, 0.2) is 0 Å². The molecule has 3 rings (SSSR count). The zero-order chi connectivity index (χ0) is 13.9. The number of thioether (sulfide) groups is 1. The van der Waals surface area contributed by atoms with Crippen molar-refractivity contribution in [3.05, 3.63) is 41.6 Å². The van der Waals surface area contributed by atoms with Gasteiger partial charge in [-0.3, -0.25) is 0 Å².